The van der Waals surface area contributed by atoms with E-state index >= 15 is 0 Å². The number of sulfonamides is 1. The van der Waals surface area contributed by atoms with Gasteiger partial charge in [-0.25, -0.2) is 13.1 Å². The monoisotopic (exact) mass is 284 g/mol. The van der Waals surface area contributed by atoms with E-state index in [0.717, 1.165) is 4.88 Å². The van der Waals surface area contributed by atoms with Gasteiger partial charge in [-0.1, -0.05) is 0 Å². The summed E-state index contributed by atoms with van der Waals surface area (Å²) in [6.45, 7) is 5.65. The van der Waals surface area contributed by atoms with Crippen LogP contribution in [0.1, 0.15) is 18.7 Å². The van der Waals surface area contributed by atoms with Gasteiger partial charge >= 0.3 is 0 Å². The maximum atomic E-state index is 11.7. The van der Waals surface area contributed by atoms with Crippen LogP contribution in [0.5, 0.6) is 0 Å². The highest BCUT2D eigenvalue weighted by Gasteiger charge is 2.19. The lowest BCUT2D eigenvalue weighted by Gasteiger charge is -2.18. The molecule has 0 saturated carbocycles. The van der Waals surface area contributed by atoms with Gasteiger partial charge in [-0.15, -0.1) is 23.7 Å². The van der Waals surface area contributed by atoms with Gasteiger partial charge in [0, 0.05) is 17.0 Å². The molecule has 0 saturated heterocycles. The Morgan fingerprint density at radius 3 is 2.38 bits per heavy atom. The van der Waals surface area contributed by atoms with Crippen molar-refractivity contribution in [3.63, 3.8) is 0 Å². The summed E-state index contributed by atoms with van der Waals surface area (Å²) in [7, 11) is -3.38. The van der Waals surface area contributed by atoms with E-state index in [1.54, 1.807) is 26.0 Å². The van der Waals surface area contributed by atoms with Crippen molar-refractivity contribution in [2.75, 3.05) is 6.54 Å². The van der Waals surface area contributed by atoms with Crippen LogP contribution in [0.25, 0.3) is 0 Å². The highest BCUT2D eigenvalue weighted by Crippen LogP contribution is 2.20. The van der Waals surface area contributed by atoms with Gasteiger partial charge in [-0.2, -0.15) is 0 Å². The van der Waals surface area contributed by atoms with E-state index in [0.29, 0.717) is 4.21 Å². The first kappa shape index (κ1) is 15.9. The lowest BCUT2D eigenvalue weighted by Crippen LogP contribution is -2.44. The molecule has 7 heteroatoms. The summed E-state index contributed by atoms with van der Waals surface area (Å²) >= 11 is 1.25. The molecule has 16 heavy (non-hydrogen) atoms. The molecule has 3 N–H and O–H groups in total. The Hall–Kier alpha value is -0.140. The summed E-state index contributed by atoms with van der Waals surface area (Å²) in [5.74, 6) is 0. The maximum Gasteiger partial charge on any atom is 0.250 e. The largest absolute Gasteiger partial charge is 0.324 e. The first-order valence-corrected chi connectivity index (χ1v) is 6.86. The first-order chi connectivity index (χ1) is 6.71. The number of nitrogens with one attached hydrogen (secondary N) is 1. The quantitative estimate of drug-likeness (QED) is 0.880. The van der Waals surface area contributed by atoms with Crippen molar-refractivity contribution in [1.29, 1.82) is 0 Å². The van der Waals surface area contributed by atoms with Crippen LogP contribution >= 0.6 is 23.7 Å². The van der Waals surface area contributed by atoms with E-state index in [4.69, 9.17) is 5.73 Å². The van der Waals surface area contributed by atoms with Gasteiger partial charge in [0.15, 0.2) is 0 Å². The number of aryl methyl sites for hydroxylation is 1. The number of thiophene rings is 1. The van der Waals surface area contributed by atoms with Crippen molar-refractivity contribution in [2.45, 2.75) is 30.5 Å². The van der Waals surface area contributed by atoms with Crippen LogP contribution in [0, 0.1) is 6.92 Å². The van der Waals surface area contributed by atoms with Crippen molar-refractivity contribution in [2.24, 2.45) is 5.73 Å². The van der Waals surface area contributed by atoms with Gasteiger partial charge < -0.3 is 5.73 Å². The second kappa shape index (κ2) is 5.46. The van der Waals surface area contributed by atoms with Gasteiger partial charge in [0.25, 0.3) is 0 Å². The van der Waals surface area contributed by atoms with Gasteiger partial charge in [0.05, 0.1) is 0 Å². The Kier molecular flexibility index (Phi) is 5.41. The summed E-state index contributed by atoms with van der Waals surface area (Å²) in [5.41, 5.74) is 5.16. The molecule has 0 aliphatic carbocycles. The molecule has 94 valence electrons. The fraction of sp³-hybridized carbons (Fsp3) is 0.556. The zero-order valence-electron chi connectivity index (χ0n) is 9.48. The minimum absolute atomic E-state index is 0. The lowest BCUT2D eigenvalue weighted by molar-refractivity contribution is 0.498. The summed E-state index contributed by atoms with van der Waals surface area (Å²) in [6, 6.07) is 3.39. The van der Waals surface area contributed by atoms with Crippen molar-refractivity contribution in [3.05, 3.63) is 17.0 Å². The molecule has 1 aromatic heterocycles. The molecule has 0 atom stereocenters. The van der Waals surface area contributed by atoms with Crippen molar-refractivity contribution < 1.29 is 8.42 Å². The summed E-state index contributed by atoms with van der Waals surface area (Å²) in [5, 5.41) is 0. The highest BCUT2D eigenvalue weighted by molar-refractivity contribution is 7.91. The van der Waals surface area contributed by atoms with Crippen LogP contribution in [0.15, 0.2) is 16.3 Å². The van der Waals surface area contributed by atoms with Crippen molar-refractivity contribution in [1.82, 2.24) is 4.72 Å². The minimum Gasteiger partial charge on any atom is -0.324 e. The molecule has 4 nitrogen and oxygen atoms in total. The molecule has 0 fully saturated rings. The predicted molar refractivity (Wildman–Crippen MR) is 69.8 cm³/mol. The third-order valence-electron chi connectivity index (χ3n) is 1.70. The van der Waals surface area contributed by atoms with Crippen LogP contribution in [-0.4, -0.2) is 20.5 Å². The normalized spacial score (nSPS) is 12.2. The summed E-state index contributed by atoms with van der Waals surface area (Å²) < 4.78 is 26.3. The van der Waals surface area contributed by atoms with Gasteiger partial charge in [-0.05, 0) is 32.9 Å². The Bertz CT molecular complexity index is 435. The number of hydrogen-bond acceptors (Lipinski definition) is 4. The van der Waals surface area contributed by atoms with Gasteiger partial charge in [0.2, 0.25) is 10.0 Å². The highest BCUT2D eigenvalue weighted by atomic mass is 35.5. The topological polar surface area (TPSA) is 72.2 Å². The molecule has 0 aliphatic heterocycles. The summed E-state index contributed by atoms with van der Waals surface area (Å²) in [4.78, 5) is 0.974. The van der Waals surface area contributed by atoms with E-state index in [1.807, 2.05) is 6.92 Å². The van der Waals surface area contributed by atoms with E-state index in [2.05, 4.69) is 4.72 Å². The Morgan fingerprint density at radius 1 is 1.44 bits per heavy atom. The molecule has 0 unspecified atom stereocenters. The molecule has 0 bridgehead atoms. The minimum atomic E-state index is -3.38. The smallest absolute Gasteiger partial charge is 0.250 e. The average Bonchev–Trinajstić information content (AvgIpc) is 2.48. The number of hydrogen-bond donors (Lipinski definition) is 2. The fourth-order valence-electron chi connectivity index (χ4n) is 0.909. The molecule has 1 heterocycles. The maximum absolute atomic E-state index is 11.7. The molecule has 0 aliphatic rings. The van der Waals surface area contributed by atoms with Crippen molar-refractivity contribution >= 4 is 33.8 Å². The molecule has 0 aromatic carbocycles. The van der Waals surface area contributed by atoms with Gasteiger partial charge in [-0.3, -0.25) is 0 Å². The molecule has 1 aromatic rings. The predicted octanol–water partition coefficient (Wildman–Crippen LogP) is 1.49. The zero-order valence-corrected chi connectivity index (χ0v) is 11.9. The van der Waals surface area contributed by atoms with E-state index in [9.17, 15) is 8.42 Å². The first-order valence-electron chi connectivity index (χ1n) is 4.56. The van der Waals surface area contributed by atoms with E-state index in [1.165, 1.54) is 11.3 Å². The van der Waals surface area contributed by atoms with E-state index in [-0.39, 0.29) is 19.0 Å². The third kappa shape index (κ3) is 4.80. The summed E-state index contributed by atoms with van der Waals surface area (Å²) in [6.07, 6.45) is 0. The Labute approximate surface area is 107 Å². The SMILES string of the molecule is Cc1ccc(S(=O)(=O)NCC(C)(C)N)s1.Cl. The second-order valence-corrected chi connectivity index (χ2v) is 7.46. The van der Waals surface area contributed by atoms with Crippen molar-refractivity contribution in [3.8, 4) is 0 Å². The molecular weight excluding hydrogens is 268 g/mol. The third-order valence-corrected chi connectivity index (χ3v) is 4.59. The zero-order chi connectivity index (χ0) is 11.7. The van der Waals surface area contributed by atoms with E-state index < -0.39 is 15.6 Å². The Balaban J connectivity index is 0.00000225. The lowest BCUT2D eigenvalue weighted by atomic mass is 10.1. The molecule has 0 spiro atoms. The average molecular weight is 285 g/mol. The number of rotatable bonds is 4. The second-order valence-electron chi connectivity index (χ2n) is 4.18. The molecule has 0 amide bonds. The number of nitrogens with two attached hydrogens (primary N) is 1. The van der Waals surface area contributed by atoms with Gasteiger partial charge in [0.1, 0.15) is 4.21 Å². The van der Waals surface area contributed by atoms with Crippen LogP contribution < -0.4 is 10.5 Å². The Morgan fingerprint density at radius 2 is 2.00 bits per heavy atom. The standard InChI is InChI=1S/C9H16N2O2S2.ClH/c1-7-4-5-8(14-7)15(12,13)11-6-9(2,3)10;/h4-5,11H,6,10H2,1-3H3;1H. The number of halogens is 1. The molecular formula is C9H17ClN2O2S2. The fourth-order valence-corrected chi connectivity index (χ4v) is 3.46. The van der Waals surface area contributed by atoms with Crippen LogP contribution in [0.3, 0.4) is 0 Å². The molecule has 0 radical (unpaired) electrons. The van der Waals surface area contributed by atoms with Crippen LogP contribution in [-0.2, 0) is 10.0 Å². The van der Waals surface area contributed by atoms with Crippen LogP contribution in [0.4, 0.5) is 0 Å². The van der Waals surface area contributed by atoms with Crippen LogP contribution in [0.2, 0.25) is 0 Å². The molecule has 1 rings (SSSR count).